The molecule has 2 heterocycles. The summed E-state index contributed by atoms with van der Waals surface area (Å²) < 4.78 is 0. The average molecular weight is 328 g/mol. The molecule has 0 spiro atoms. The third kappa shape index (κ3) is 2.38. The molecule has 3 saturated carbocycles. The maximum absolute atomic E-state index is 12.7. The van der Waals surface area contributed by atoms with Gasteiger partial charge in [-0.25, -0.2) is 0 Å². The van der Waals surface area contributed by atoms with Crippen molar-refractivity contribution in [2.45, 2.75) is 49.6 Å². The molecule has 5 rings (SSSR count). The topological polar surface area (TPSA) is 66.7 Å². The Labute approximate surface area is 140 Å². The van der Waals surface area contributed by atoms with Crippen LogP contribution in [-0.2, 0) is 10.2 Å². The predicted octanol–water partition coefficient (Wildman–Crippen LogP) is 2.89. The first-order valence-corrected chi connectivity index (χ1v) is 9.11. The molecule has 120 valence electrons. The summed E-state index contributed by atoms with van der Waals surface area (Å²) in [5.41, 5.74) is 1.62. The number of carbonyl (C=O) groups excluding carboxylic acids is 1. The molecule has 5 nitrogen and oxygen atoms in total. The van der Waals surface area contributed by atoms with E-state index in [0.29, 0.717) is 18.9 Å². The number of rotatable bonds is 7. The molecule has 1 aliphatic heterocycles. The number of nitrogens with one attached hydrogen (secondary N) is 1. The van der Waals surface area contributed by atoms with E-state index in [-0.39, 0.29) is 22.9 Å². The Hall–Kier alpha value is -1.74. The van der Waals surface area contributed by atoms with Crippen molar-refractivity contribution in [3.8, 4) is 12.3 Å². The first-order valence-electron chi connectivity index (χ1n) is 8.23. The third-order valence-corrected chi connectivity index (χ3v) is 6.73. The van der Waals surface area contributed by atoms with Crippen molar-refractivity contribution in [1.82, 2.24) is 10.3 Å². The molecule has 2 bridgehead atoms. The van der Waals surface area contributed by atoms with Crippen LogP contribution in [0.4, 0.5) is 0 Å². The molecule has 0 aromatic carbocycles. The number of aromatic nitrogens is 1. The van der Waals surface area contributed by atoms with Crippen LogP contribution < -0.4 is 5.32 Å². The van der Waals surface area contributed by atoms with Gasteiger partial charge in [-0.2, -0.15) is 10.2 Å². The lowest BCUT2D eigenvalue weighted by Crippen LogP contribution is -2.52. The summed E-state index contributed by atoms with van der Waals surface area (Å²) in [6.07, 6.45) is 12.9. The number of hydrogen-bond acceptors (Lipinski definition) is 5. The summed E-state index contributed by atoms with van der Waals surface area (Å²) in [7, 11) is 0. The summed E-state index contributed by atoms with van der Waals surface area (Å²) in [5.74, 6) is 3.49. The summed E-state index contributed by atoms with van der Waals surface area (Å²) in [6.45, 7) is 0.623. The second-order valence-corrected chi connectivity index (χ2v) is 7.82. The fourth-order valence-electron chi connectivity index (χ4n) is 4.44. The van der Waals surface area contributed by atoms with Crippen LogP contribution in [0.15, 0.2) is 21.9 Å². The highest BCUT2D eigenvalue weighted by Gasteiger charge is 2.63. The fourth-order valence-corrected chi connectivity index (χ4v) is 5.34. The first-order chi connectivity index (χ1) is 11.2. The van der Waals surface area contributed by atoms with E-state index in [1.165, 1.54) is 4.88 Å². The lowest BCUT2D eigenvalue weighted by Gasteiger charge is -2.45. The lowest BCUT2D eigenvalue weighted by molar-refractivity contribution is -0.132. The number of thiazole rings is 1. The zero-order valence-corrected chi connectivity index (χ0v) is 13.8. The van der Waals surface area contributed by atoms with Crippen LogP contribution in [0, 0.1) is 24.2 Å². The van der Waals surface area contributed by atoms with Crippen molar-refractivity contribution >= 4 is 17.2 Å². The Morgan fingerprint density at radius 2 is 2.35 bits per heavy atom. The van der Waals surface area contributed by atoms with Gasteiger partial charge in [0, 0.05) is 42.3 Å². The second-order valence-electron chi connectivity index (χ2n) is 6.93. The van der Waals surface area contributed by atoms with E-state index in [9.17, 15) is 4.79 Å². The van der Waals surface area contributed by atoms with Gasteiger partial charge < -0.3 is 5.32 Å². The Bertz CT molecular complexity index is 667. The Balaban J connectivity index is 1.33. The van der Waals surface area contributed by atoms with Crippen molar-refractivity contribution in [2.75, 3.05) is 6.54 Å². The van der Waals surface area contributed by atoms with E-state index in [2.05, 4.69) is 26.4 Å². The normalized spacial score (nSPS) is 32.1. The van der Waals surface area contributed by atoms with E-state index < -0.39 is 0 Å². The van der Waals surface area contributed by atoms with Crippen LogP contribution in [0.1, 0.15) is 43.4 Å². The molecule has 0 saturated heterocycles. The van der Waals surface area contributed by atoms with Gasteiger partial charge in [-0.15, -0.1) is 23.7 Å². The largest absolute Gasteiger partial charge is 0.356 e. The van der Waals surface area contributed by atoms with Crippen LogP contribution in [-0.4, -0.2) is 23.1 Å². The standard InChI is InChI=1S/C17H20N4OS/c1-2-3-5-17(20-21-17)7-8-19-15(22)14-12-4-6-16(14,9-12)13-10-18-11-23-13/h1,10-12,14H,3-9H2,(H,19,22). The van der Waals surface area contributed by atoms with E-state index in [0.717, 1.165) is 32.1 Å². The van der Waals surface area contributed by atoms with E-state index >= 15 is 0 Å². The van der Waals surface area contributed by atoms with Gasteiger partial charge in [0.15, 0.2) is 5.66 Å². The molecule has 1 aromatic heterocycles. The van der Waals surface area contributed by atoms with Gasteiger partial charge in [0.05, 0.1) is 11.4 Å². The number of nitrogens with zero attached hydrogens (tertiary/aromatic N) is 3. The van der Waals surface area contributed by atoms with E-state index in [1.54, 1.807) is 11.3 Å². The van der Waals surface area contributed by atoms with Gasteiger partial charge in [0.1, 0.15) is 0 Å². The van der Waals surface area contributed by atoms with Gasteiger partial charge in [0.25, 0.3) is 0 Å². The SMILES string of the molecule is C#CCCC1(CCNC(=O)C2C3CCC2(c2cncs2)C3)N=N1. The highest BCUT2D eigenvalue weighted by atomic mass is 32.1. The highest BCUT2D eigenvalue weighted by molar-refractivity contribution is 7.09. The van der Waals surface area contributed by atoms with Crippen LogP contribution in [0.5, 0.6) is 0 Å². The van der Waals surface area contributed by atoms with Crippen molar-refractivity contribution < 1.29 is 4.79 Å². The number of fused-ring (bicyclic) bond motifs is 1. The van der Waals surface area contributed by atoms with Gasteiger partial charge in [-0.3, -0.25) is 9.78 Å². The van der Waals surface area contributed by atoms with Crippen LogP contribution in [0.25, 0.3) is 0 Å². The Kier molecular flexibility index (Phi) is 3.49. The fraction of sp³-hybridized carbons (Fsp3) is 0.647. The smallest absolute Gasteiger partial charge is 0.224 e. The predicted molar refractivity (Wildman–Crippen MR) is 87.9 cm³/mol. The van der Waals surface area contributed by atoms with Gasteiger partial charge in [-0.1, -0.05) is 0 Å². The van der Waals surface area contributed by atoms with Crippen molar-refractivity contribution in [3.05, 3.63) is 16.6 Å². The molecule has 23 heavy (non-hydrogen) atoms. The molecule has 3 aliphatic carbocycles. The Morgan fingerprint density at radius 3 is 3.00 bits per heavy atom. The Morgan fingerprint density at radius 1 is 1.48 bits per heavy atom. The second kappa shape index (κ2) is 5.41. The molecule has 1 amide bonds. The molecule has 3 unspecified atom stereocenters. The molecule has 4 aliphatic rings. The number of terminal acetylenes is 1. The number of hydrogen-bond donors (Lipinski definition) is 1. The minimum atomic E-state index is -0.312. The number of carbonyl (C=O) groups is 1. The van der Waals surface area contributed by atoms with Crippen LogP contribution >= 0.6 is 11.3 Å². The third-order valence-electron chi connectivity index (χ3n) is 5.74. The van der Waals surface area contributed by atoms with Gasteiger partial charge >= 0.3 is 0 Å². The van der Waals surface area contributed by atoms with E-state index in [1.807, 2.05) is 11.7 Å². The number of amides is 1. The molecule has 3 fully saturated rings. The summed E-state index contributed by atoms with van der Waals surface area (Å²) in [6, 6.07) is 0. The summed E-state index contributed by atoms with van der Waals surface area (Å²) in [5, 5.41) is 11.3. The maximum Gasteiger partial charge on any atom is 0.224 e. The quantitative estimate of drug-likeness (QED) is 0.782. The first kappa shape index (κ1) is 14.8. The maximum atomic E-state index is 12.7. The van der Waals surface area contributed by atoms with Crippen LogP contribution in [0.3, 0.4) is 0 Å². The zero-order valence-electron chi connectivity index (χ0n) is 13.0. The molecular weight excluding hydrogens is 308 g/mol. The zero-order chi connectivity index (χ0) is 15.9. The highest BCUT2D eigenvalue weighted by Crippen LogP contribution is 2.64. The minimum Gasteiger partial charge on any atom is -0.356 e. The summed E-state index contributed by atoms with van der Waals surface area (Å²) in [4.78, 5) is 18.2. The van der Waals surface area contributed by atoms with Gasteiger partial charge in [-0.05, 0) is 25.2 Å². The molecule has 1 aromatic rings. The minimum absolute atomic E-state index is 0.0609. The summed E-state index contributed by atoms with van der Waals surface area (Å²) >= 11 is 1.69. The van der Waals surface area contributed by atoms with Crippen molar-refractivity contribution in [1.29, 1.82) is 0 Å². The molecular formula is C17H20N4OS. The van der Waals surface area contributed by atoms with Crippen molar-refractivity contribution in [2.24, 2.45) is 22.1 Å². The van der Waals surface area contributed by atoms with Crippen molar-refractivity contribution in [3.63, 3.8) is 0 Å². The lowest BCUT2D eigenvalue weighted by atomic mass is 9.59. The molecule has 6 heteroatoms. The van der Waals surface area contributed by atoms with Gasteiger partial charge in [0.2, 0.25) is 5.91 Å². The van der Waals surface area contributed by atoms with Crippen LogP contribution in [0.2, 0.25) is 0 Å². The molecule has 1 N–H and O–H groups in total. The van der Waals surface area contributed by atoms with E-state index in [4.69, 9.17) is 6.42 Å². The monoisotopic (exact) mass is 328 g/mol. The average Bonchev–Trinajstić information content (AvgIpc) is 2.94. The molecule has 0 radical (unpaired) electrons. The molecule has 3 atom stereocenters.